The van der Waals surface area contributed by atoms with E-state index in [4.69, 9.17) is 16.7 Å². The zero-order valence-corrected chi connectivity index (χ0v) is 7.97. The number of thiazole rings is 1. The first kappa shape index (κ1) is 8.52. The van der Waals surface area contributed by atoms with Crippen molar-refractivity contribution in [1.82, 2.24) is 9.38 Å². The molecule has 2 aromatic heterocycles. The molecule has 0 aromatic carbocycles. The third-order valence-electron chi connectivity index (χ3n) is 1.66. The summed E-state index contributed by atoms with van der Waals surface area (Å²) >= 11 is 6.95. The SMILES string of the molecule is O=C(O)c1c(CCl)nc2sccn12. The highest BCUT2D eigenvalue weighted by Gasteiger charge is 2.17. The Morgan fingerprint density at radius 2 is 2.54 bits per heavy atom. The van der Waals surface area contributed by atoms with Gasteiger partial charge in [0.25, 0.3) is 0 Å². The number of fused-ring (bicyclic) bond motifs is 1. The molecular formula is C7H5ClN2O2S. The van der Waals surface area contributed by atoms with Crippen molar-refractivity contribution in [3.05, 3.63) is 23.0 Å². The molecule has 68 valence electrons. The van der Waals surface area contributed by atoms with Crippen molar-refractivity contribution >= 4 is 33.9 Å². The minimum Gasteiger partial charge on any atom is -0.477 e. The van der Waals surface area contributed by atoms with Gasteiger partial charge in [0.2, 0.25) is 0 Å². The van der Waals surface area contributed by atoms with Gasteiger partial charge < -0.3 is 5.11 Å². The topological polar surface area (TPSA) is 54.6 Å². The number of nitrogens with zero attached hydrogens (tertiary/aromatic N) is 2. The largest absolute Gasteiger partial charge is 0.477 e. The normalized spacial score (nSPS) is 10.8. The third-order valence-corrected chi connectivity index (χ3v) is 2.67. The Hall–Kier alpha value is -1.07. The van der Waals surface area contributed by atoms with Crippen LogP contribution in [0.5, 0.6) is 0 Å². The van der Waals surface area contributed by atoms with Crippen LogP contribution in [0.1, 0.15) is 16.2 Å². The molecule has 2 rings (SSSR count). The fourth-order valence-electron chi connectivity index (χ4n) is 1.15. The van der Waals surface area contributed by atoms with Crippen LogP contribution in [0.25, 0.3) is 4.96 Å². The van der Waals surface area contributed by atoms with E-state index in [0.29, 0.717) is 10.7 Å². The van der Waals surface area contributed by atoms with Crippen molar-refractivity contribution in [2.75, 3.05) is 0 Å². The van der Waals surface area contributed by atoms with Gasteiger partial charge in [-0.3, -0.25) is 4.40 Å². The van der Waals surface area contributed by atoms with Gasteiger partial charge >= 0.3 is 5.97 Å². The molecule has 0 bridgehead atoms. The van der Waals surface area contributed by atoms with Crippen molar-refractivity contribution in [2.24, 2.45) is 0 Å². The van der Waals surface area contributed by atoms with Gasteiger partial charge in [-0.15, -0.1) is 22.9 Å². The summed E-state index contributed by atoms with van der Waals surface area (Å²) in [5.74, 6) is -0.878. The maximum Gasteiger partial charge on any atom is 0.354 e. The van der Waals surface area contributed by atoms with Crippen LogP contribution in [0.4, 0.5) is 0 Å². The summed E-state index contributed by atoms with van der Waals surface area (Å²) in [6.07, 6.45) is 1.67. The minimum atomic E-state index is -0.999. The molecule has 0 saturated carbocycles. The maximum atomic E-state index is 10.8. The van der Waals surface area contributed by atoms with Crippen LogP contribution in [-0.2, 0) is 5.88 Å². The van der Waals surface area contributed by atoms with E-state index < -0.39 is 5.97 Å². The van der Waals surface area contributed by atoms with Gasteiger partial charge in [-0.25, -0.2) is 9.78 Å². The van der Waals surface area contributed by atoms with E-state index in [0.717, 1.165) is 0 Å². The standard InChI is InChI=1S/C7H5ClN2O2S/c8-3-4-5(6(11)12)10-1-2-13-7(10)9-4/h1-2H,3H2,(H,11,12). The number of halogens is 1. The van der Waals surface area contributed by atoms with Crippen LogP contribution in [0.3, 0.4) is 0 Å². The van der Waals surface area contributed by atoms with Crippen LogP contribution >= 0.6 is 22.9 Å². The van der Waals surface area contributed by atoms with Gasteiger partial charge in [0.1, 0.15) is 0 Å². The summed E-state index contributed by atoms with van der Waals surface area (Å²) in [6, 6.07) is 0. The van der Waals surface area contributed by atoms with Crippen LogP contribution in [0.15, 0.2) is 11.6 Å². The van der Waals surface area contributed by atoms with E-state index in [2.05, 4.69) is 4.98 Å². The molecule has 0 saturated heterocycles. The molecule has 0 unspecified atom stereocenters. The lowest BCUT2D eigenvalue weighted by Gasteiger charge is -1.92. The van der Waals surface area contributed by atoms with Crippen molar-refractivity contribution in [3.63, 3.8) is 0 Å². The fraction of sp³-hybridized carbons (Fsp3) is 0.143. The van der Waals surface area contributed by atoms with Gasteiger partial charge in [0.15, 0.2) is 10.7 Å². The molecule has 2 heterocycles. The van der Waals surface area contributed by atoms with Crippen LogP contribution in [-0.4, -0.2) is 20.5 Å². The number of aromatic carboxylic acids is 1. The highest BCUT2D eigenvalue weighted by molar-refractivity contribution is 7.15. The monoisotopic (exact) mass is 216 g/mol. The molecule has 0 radical (unpaired) electrons. The number of hydrogen-bond donors (Lipinski definition) is 1. The van der Waals surface area contributed by atoms with Crippen LogP contribution in [0.2, 0.25) is 0 Å². The molecule has 0 atom stereocenters. The Bertz CT molecular complexity index is 462. The number of carboxylic acids is 1. The lowest BCUT2D eigenvalue weighted by Crippen LogP contribution is -2.03. The summed E-state index contributed by atoms with van der Waals surface area (Å²) in [6.45, 7) is 0. The number of aromatic nitrogens is 2. The van der Waals surface area contributed by atoms with Crippen molar-refractivity contribution in [1.29, 1.82) is 0 Å². The Balaban J connectivity index is 2.77. The number of rotatable bonds is 2. The van der Waals surface area contributed by atoms with Gasteiger partial charge in [-0.1, -0.05) is 0 Å². The third kappa shape index (κ3) is 1.20. The summed E-state index contributed by atoms with van der Waals surface area (Å²) in [5, 5.41) is 10.7. The smallest absolute Gasteiger partial charge is 0.354 e. The summed E-state index contributed by atoms with van der Waals surface area (Å²) in [5.41, 5.74) is 0.576. The molecule has 4 nitrogen and oxygen atoms in total. The molecular weight excluding hydrogens is 212 g/mol. The molecule has 0 aliphatic rings. The second-order valence-electron chi connectivity index (χ2n) is 2.40. The average Bonchev–Trinajstić information content (AvgIpc) is 2.59. The van der Waals surface area contributed by atoms with E-state index in [1.54, 1.807) is 11.6 Å². The molecule has 0 amide bonds. The lowest BCUT2D eigenvalue weighted by molar-refractivity contribution is 0.0688. The van der Waals surface area contributed by atoms with Crippen LogP contribution < -0.4 is 0 Å². The fourth-order valence-corrected chi connectivity index (χ4v) is 2.07. The number of hydrogen-bond acceptors (Lipinski definition) is 3. The average molecular weight is 217 g/mol. The van der Waals surface area contributed by atoms with Crippen molar-refractivity contribution in [2.45, 2.75) is 5.88 Å². The van der Waals surface area contributed by atoms with E-state index in [1.165, 1.54) is 15.7 Å². The zero-order chi connectivity index (χ0) is 9.42. The molecule has 6 heteroatoms. The van der Waals surface area contributed by atoms with Gasteiger partial charge in [0.05, 0.1) is 11.6 Å². The molecule has 2 aromatic rings. The first-order valence-corrected chi connectivity index (χ1v) is 4.89. The van der Waals surface area contributed by atoms with E-state index in [9.17, 15) is 4.79 Å². The summed E-state index contributed by atoms with van der Waals surface area (Å²) in [7, 11) is 0. The second-order valence-corrected chi connectivity index (χ2v) is 3.54. The van der Waals surface area contributed by atoms with E-state index in [1.807, 2.05) is 0 Å². The van der Waals surface area contributed by atoms with Gasteiger partial charge in [0, 0.05) is 11.6 Å². The predicted molar refractivity (Wildman–Crippen MR) is 49.6 cm³/mol. The number of imidazole rings is 1. The summed E-state index contributed by atoms with van der Waals surface area (Å²) < 4.78 is 1.53. The molecule has 0 spiro atoms. The first-order chi connectivity index (χ1) is 6.24. The van der Waals surface area contributed by atoms with Gasteiger partial charge in [-0.2, -0.15) is 0 Å². The second kappa shape index (κ2) is 3.01. The summed E-state index contributed by atoms with van der Waals surface area (Å²) in [4.78, 5) is 15.6. The molecule has 13 heavy (non-hydrogen) atoms. The number of carboxylic acid groups (broad SMARTS) is 1. The Morgan fingerprint density at radius 1 is 1.77 bits per heavy atom. The van der Waals surface area contributed by atoms with Crippen molar-refractivity contribution in [3.8, 4) is 0 Å². The molecule has 0 fully saturated rings. The number of alkyl halides is 1. The van der Waals surface area contributed by atoms with E-state index in [-0.39, 0.29) is 11.6 Å². The quantitative estimate of drug-likeness (QED) is 0.780. The van der Waals surface area contributed by atoms with E-state index >= 15 is 0 Å². The highest BCUT2D eigenvalue weighted by atomic mass is 35.5. The molecule has 0 aliphatic heterocycles. The Morgan fingerprint density at radius 3 is 3.15 bits per heavy atom. The minimum absolute atomic E-state index is 0.121. The number of carbonyl (C=O) groups is 1. The first-order valence-electron chi connectivity index (χ1n) is 3.47. The maximum absolute atomic E-state index is 10.8. The zero-order valence-electron chi connectivity index (χ0n) is 6.40. The molecule has 0 aliphatic carbocycles. The highest BCUT2D eigenvalue weighted by Crippen LogP contribution is 2.18. The van der Waals surface area contributed by atoms with Gasteiger partial charge in [-0.05, 0) is 0 Å². The van der Waals surface area contributed by atoms with Crippen molar-refractivity contribution < 1.29 is 9.90 Å². The van der Waals surface area contributed by atoms with Crippen LogP contribution in [0, 0.1) is 0 Å². The Labute approximate surface area is 82.4 Å². The Kier molecular flexibility index (Phi) is 1.97. The lowest BCUT2D eigenvalue weighted by atomic mass is 10.3. The predicted octanol–water partition coefficient (Wildman–Crippen LogP) is 1.83. The molecule has 1 N–H and O–H groups in total.